The Balaban J connectivity index is 2.98. The number of ketones is 1. The Morgan fingerprint density at radius 2 is 2.20 bits per heavy atom. The van der Waals surface area contributed by atoms with Gasteiger partial charge in [0.05, 0.1) is 6.61 Å². The molecule has 0 aliphatic heterocycles. The van der Waals surface area contributed by atoms with Crippen molar-refractivity contribution in [2.24, 2.45) is 0 Å². The van der Waals surface area contributed by atoms with Gasteiger partial charge in [0.2, 0.25) is 0 Å². The molecule has 0 spiro atoms. The van der Waals surface area contributed by atoms with Crippen molar-refractivity contribution < 1.29 is 9.53 Å². The molecule has 0 saturated heterocycles. The molecule has 0 saturated carbocycles. The molecule has 2 nitrogen and oxygen atoms in total. The van der Waals surface area contributed by atoms with Crippen molar-refractivity contribution in [2.45, 2.75) is 25.6 Å². The van der Waals surface area contributed by atoms with Crippen LogP contribution in [-0.2, 0) is 16.5 Å². The summed E-state index contributed by atoms with van der Waals surface area (Å²) in [6.45, 7) is 4.16. The first-order valence-corrected chi connectivity index (χ1v) is 6.09. The Labute approximate surface area is 98.8 Å². The number of Topliss-reactive ketones (excluding diaryl/α,β-unsaturated/α-hetero) is 1. The Hall–Kier alpha value is -0.830. The average molecular weight is 271 g/mol. The standard InChI is InChI=1S/C12H15BrO2/c1-3-15-12-5-4-10(8-13)7-11(12)6-9(2)14/h4-5,7H,3,6,8H2,1-2H3. The van der Waals surface area contributed by atoms with Crippen LogP contribution in [0.2, 0.25) is 0 Å². The fourth-order valence-corrected chi connectivity index (χ4v) is 1.77. The van der Waals surface area contributed by atoms with Gasteiger partial charge in [-0.05, 0) is 25.5 Å². The maximum absolute atomic E-state index is 11.1. The molecular weight excluding hydrogens is 256 g/mol. The summed E-state index contributed by atoms with van der Waals surface area (Å²) in [4.78, 5) is 11.1. The highest BCUT2D eigenvalue weighted by molar-refractivity contribution is 9.08. The molecule has 15 heavy (non-hydrogen) atoms. The number of alkyl halides is 1. The Morgan fingerprint density at radius 1 is 1.47 bits per heavy atom. The highest BCUT2D eigenvalue weighted by atomic mass is 79.9. The Bertz CT molecular complexity index is 347. The molecule has 0 bridgehead atoms. The molecule has 0 amide bonds. The molecule has 1 rings (SSSR count). The van der Waals surface area contributed by atoms with Crippen molar-refractivity contribution in [3.05, 3.63) is 29.3 Å². The number of carbonyl (C=O) groups excluding carboxylic acids is 1. The maximum atomic E-state index is 11.1. The summed E-state index contributed by atoms with van der Waals surface area (Å²) in [5.41, 5.74) is 2.14. The monoisotopic (exact) mass is 270 g/mol. The number of carbonyl (C=O) groups is 1. The van der Waals surface area contributed by atoms with E-state index >= 15 is 0 Å². The van der Waals surface area contributed by atoms with E-state index in [1.165, 1.54) is 0 Å². The van der Waals surface area contributed by atoms with Crippen molar-refractivity contribution in [3.63, 3.8) is 0 Å². The van der Waals surface area contributed by atoms with E-state index in [1.54, 1.807) is 6.92 Å². The van der Waals surface area contributed by atoms with Crippen LogP contribution >= 0.6 is 15.9 Å². The fraction of sp³-hybridized carbons (Fsp3) is 0.417. The Morgan fingerprint density at radius 3 is 2.73 bits per heavy atom. The minimum Gasteiger partial charge on any atom is -0.494 e. The number of rotatable bonds is 5. The molecule has 0 N–H and O–H groups in total. The van der Waals surface area contributed by atoms with E-state index in [0.717, 1.165) is 22.2 Å². The molecule has 0 radical (unpaired) electrons. The van der Waals surface area contributed by atoms with Crippen molar-refractivity contribution in [1.29, 1.82) is 0 Å². The van der Waals surface area contributed by atoms with Gasteiger partial charge >= 0.3 is 0 Å². The lowest BCUT2D eigenvalue weighted by atomic mass is 10.1. The van der Waals surface area contributed by atoms with Crippen molar-refractivity contribution in [2.75, 3.05) is 6.61 Å². The summed E-state index contributed by atoms with van der Waals surface area (Å²) in [5, 5.41) is 0.796. The number of benzene rings is 1. The van der Waals surface area contributed by atoms with Gasteiger partial charge in [-0.2, -0.15) is 0 Å². The first-order chi connectivity index (χ1) is 7.17. The second kappa shape index (κ2) is 5.91. The zero-order valence-electron chi connectivity index (χ0n) is 9.05. The van der Waals surface area contributed by atoms with Crippen LogP contribution < -0.4 is 4.74 Å². The van der Waals surface area contributed by atoms with Crippen molar-refractivity contribution >= 4 is 21.7 Å². The first-order valence-electron chi connectivity index (χ1n) is 4.97. The van der Waals surface area contributed by atoms with E-state index in [2.05, 4.69) is 15.9 Å². The lowest BCUT2D eigenvalue weighted by molar-refractivity contribution is -0.116. The van der Waals surface area contributed by atoms with Crippen LogP contribution in [0.15, 0.2) is 18.2 Å². The molecule has 0 heterocycles. The SMILES string of the molecule is CCOc1ccc(CBr)cc1CC(C)=O. The van der Waals surface area contributed by atoms with Gasteiger partial charge in [0.1, 0.15) is 11.5 Å². The van der Waals surface area contributed by atoms with Crippen LogP contribution in [0.1, 0.15) is 25.0 Å². The lowest BCUT2D eigenvalue weighted by Gasteiger charge is -2.10. The van der Waals surface area contributed by atoms with Gasteiger partial charge in [-0.15, -0.1) is 0 Å². The summed E-state index contributed by atoms with van der Waals surface area (Å²) in [7, 11) is 0. The predicted octanol–water partition coefficient (Wildman–Crippen LogP) is 3.11. The van der Waals surface area contributed by atoms with Crippen LogP contribution in [0, 0.1) is 0 Å². The minimum absolute atomic E-state index is 0.155. The highest BCUT2D eigenvalue weighted by Gasteiger charge is 2.06. The van der Waals surface area contributed by atoms with Gasteiger partial charge in [-0.3, -0.25) is 4.79 Å². The summed E-state index contributed by atoms with van der Waals surface area (Å²) in [6, 6.07) is 5.95. The van der Waals surface area contributed by atoms with E-state index in [-0.39, 0.29) is 5.78 Å². The smallest absolute Gasteiger partial charge is 0.134 e. The molecule has 0 aliphatic rings. The number of halogens is 1. The van der Waals surface area contributed by atoms with Crippen molar-refractivity contribution in [3.8, 4) is 5.75 Å². The van der Waals surface area contributed by atoms with Gasteiger partial charge < -0.3 is 4.74 Å². The van der Waals surface area contributed by atoms with Crippen LogP contribution in [0.5, 0.6) is 5.75 Å². The molecule has 82 valence electrons. The van der Waals surface area contributed by atoms with E-state index in [1.807, 2.05) is 25.1 Å². The van der Waals surface area contributed by atoms with Gasteiger partial charge in [0.25, 0.3) is 0 Å². The zero-order valence-corrected chi connectivity index (χ0v) is 10.6. The van der Waals surface area contributed by atoms with Crippen molar-refractivity contribution in [1.82, 2.24) is 0 Å². The second-order valence-electron chi connectivity index (χ2n) is 3.39. The zero-order chi connectivity index (χ0) is 11.3. The number of ether oxygens (including phenoxy) is 1. The van der Waals surface area contributed by atoms with E-state index in [9.17, 15) is 4.79 Å². The number of hydrogen-bond acceptors (Lipinski definition) is 2. The predicted molar refractivity (Wildman–Crippen MR) is 64.6 cm³/mol. The quantitative estimate of drug-likeness (QED) is 0.769. The number of hydrogen-bond donors (Lipinski definition) is 0. The van der Waals surface area contributed by atoms with Gasteiger partial charge in [-0.25, -0.2) is 0 Å². The third-order valence-electron chi connectivity index (χ3n) is 2.02. The summed E-state index contributed by atoms with van der Waals surface area (Å²) in [6.07, 6.45) is 0.441. The largest absolute Gasteiger partial charge is 0.494 e. The van der Waals surface area contributed by atoms with E-state index in [4.69, 9.17) is 4.74 Å². The summed E-state index contributed by atoms with van der Waals surface area (Å²) >= 11 is 3.40. The highest BCUT2D eigenvalue weighted by Crippen LogP contribution is 2.22. The van der Waals surface area contributed by atoms with E-state index in [0.29, 0.717) is 13.0 Å². The van der Waals surface area contributed by atoms with E-state index < -0.39 is 0 Å². The summed E-state index contributed by atoms with van der Waals surface area (Å²) < 4.78 is 5.47. The topological polar surface area (TPSA) is 26.3 Å². The van der Waals surface area contributed by atoms with Gasteiger partial charge in [0, 0.05) is 17.3 Å². The van der Waals surface area contributed by atoms with Crippen LogP contribution in [0.25, 0.3) is 0 Å². The normalized spacial score (nSPS) is 10.1. The molecule has 1 aromatic carbocycles. The molecular formula is C12H15BrO2. The van der Waals surface area contributed by atoms with Crippen LogP contribution in [-0.4, -0.2) is 12.4 Å². The molecule has 3 heteroatoms. The first kappa shape index (κ1) is 12.2. The molecule has 0 unspecified atom stereocenters. The second-order valence-corrected chi connectivity index (χ2v) is 3.95. The molecule has 1 aromatic rings. The molecule has 0 aromatic heterocycles. The lowest BCUT2D eigenvalue weighted by Crippen LogP contribution is -2.02. The third kappa shape index (κ3) is 3.67. The van der Waals surface area contributed by atoms with Gasteiger partial charge in [0.15, 0.2) is 0 Å². The maximum Gasteiger partial charge on any atom is 0.134 e. The van der Waals surface area contributed by atoms with Gasteiger partial charge in [-0.1, -0.05) is 28.1 Å². The van der Waals surface area contributed by atoms with Crippen LogP contribution in [0.4, 0.5) is 0 Å². The average Bonchev–Trinajstić information content (AvgIpc) is 2.20. The summed E-state index contributed by atoms with van der Waals surface area (Å²) in [5.74, 6) is 0.972. The minimum atomic E-state index is 0.155. The Kier molecular flexibility index (Phi) is 4.82. The molecule has 0 fully saturated rings. The third-order valence-corrected chi connectivity index (χ3v) is 2.67. The fourth-order valence-electron chi connectivity index (χ4n) is 1.42. The molecule has 0 aliphatic carbocycles. The van der Waals surface area contributed by atoms with Crippen LogP contribution in [0.3, 0.4) is 0 Å². The molecule has 0 atom stereocenters.